The van der Waals surface area contributed by atoms with Gasteiger partial charge in [-0.15, -0.1) is 0 Å². The van der Waals surface area contributed by atoms with Gasteiger partial charge in [-0.1, -0.05) is 104 Å². The third kappa shape index (κ3) is 3.68. The van der Waals surface area contributed by atoms with Crippen LogP contribution in [0.15, 0.2) is 91.0 Å². The lowest BCUT2D eigenvalue weighted by Crippen LogP contribution is -2.26. The molecule has 0 atom stereocenters. The molecule has 0 unspecified atom stereocenters. The Morgan fingerprint density at radius 3 is 1.17 bits per heavy atom. The first kappa shape index (κ1) is 18.2. The van der Waals surface area contributed by atoms with Crippen LogP contribution < -0.4 is 15.9 Å². The minimum absolute atomic E-state index is 1.06. The van der Waals surface area contributed by atoms with E-state index in [0.29, 0.717) is 0 Å². The molecule has 3 heteroatoms. The summed E-state index contributed by atoms with van der Waals surface area (Å²) >= 11 is 0. The fourth-order valence-electron chi connectivity index (χ4n) is 3.03. The van der Waals surface area contributed by atoms with Crippen molar-refractivity contribution in [2.24, 2.45) is 0 Å². The van der Waals surface area contributed by atoms with Gasteiger partial charge in [0.25, 0.3) is 0 Å². The highest BCUT2D eigenvalue weighted by Gasteiger charge is 2.23. The van der Waals surface area contributed by atoms with Crippen molar-refractivity contribution in [2.45, 2.75) is 13.3 Å². The molecular formula is C21H23O2P. The smallest absolute Gasteiger partial charge is 0.0163 e. The number of hydrogen-bond donors (Lipinski definition) is 2. The van der Waals surface area contributed by atoms with Crippen LogP contribution in [0.5, 0.6) is 0 Å². The topological polar surface area (TPSA) is 40.5 Å². The standard InChI is InChI=1S/C21H21P.H2O2/c1-2-18-22(19-12-6-3-7-13-19,20-14-8-4-9-15-20)21-16-10-5-11-17-21;1-2/h3-18H,2H2,1H3;1-2H. The molecule has 0 fully saturated rings. The zero-order valence-electron chi connectivity index (χ0n) is 13.8. The summed E-state index contributed by atoms with van der Waals surface area (Å²) in [4.78, 5) is 0. The summed E-state index contributed by atoms with van der Waals surface area (Å²) in [6, 6.07) is 32.9. The number of rotatable bonds is 4. The van der Waals surface area contributed by atoms with Gasteiger partial charge in [0.1, 0.15) is 0 Å². The third-order valence-electron chi connectivity index (χ3n) is 3.95. The Morgan fingerprint density at radius 2 is 0.917 bits per heavy atom. The predicted octanol–water partition coefficient (Wildman–Crippen LogP) is 4.21. The lowest BCUT2D eigenvalue weighted by atomic mass is 10.4. The fourth-order valence-corrected chi connectivity index (χ4v) is 7.03. The van der Waals surface area contributed by atoms with Crippen molar-refractivity contribution in [1.82, 2.24) is 0 Å². The van der Waals surface area contributed by atoms with Crippen molar-refractivity contribution in [1.29, 1.82) is 0 Å². The second kappa shape index (κ2) is 9.24. The molecule has 0 heterocycles. The van der Waals surface area contributed by atoms with E-state index in [1.807, 2.05) is 0 Å². The predicted molar refractivity (Wildman–Crippen MR) is 107 cm³/mol. The Morgan fingerprint density at radius 1 is 0.625 bits per heavy atom. The lowest BCUT2D eigenvalue weighted by Gasteiger charge is -2.28. The zero-order chi connectivity index (χ0) is 17.3. The average Bonchev–Trinajstić information content (AvgIpc) is 2.70. The largest absolute Gasteiger partial charge is 0.255 e. The van der Waals surface area contributed by atoms with E-state index in [-0.39, 0.29) is 0 Å². The molecule has 0 saturated carbocycles. The Balaban J connectivity index is 0.00000100. The molecule has 24 heavy (non-hydrogen) atoms. The summed E-state index contributed by atoms with van der Waals surface area (Å²) in [5.74, 6) is 2.53. The van der Waals surface area contributed by atoms with Gasteiger partial charge in [0.05, 0.1) is 0 Å². The Kier molecular flexibility index (Phi) is 7.02. The minimum Gasteiger partial charge on any atom is -0.255 e. The zero-order valence-corrected chi connectivity index (χ0v) is 14.7. The molecular weight excluding hydrogens is 315 g/mol. The van der Waals surface area contributed by atoms with Crippen molar-refractivity contribution < 1.29 is 10.5 Å². The second-order valence-corrected chi connectivity index (χ2v) is 8.68. The van der Waals surface area contributed by atoms with Gasteiger partial charge in [0, 0.05) is 0 Å². The highest BCUT2D eigenvalue weighted by atomic mass is 31.2. The van der Waals surface area contributed by atoms with E-state index < -0.39 is 6.89 Å². The minimum atomic E-state index is -1.68. The third-order valence-corrected chi connectivity index (χ3v) is 8.20. The van der Waals surface area contributed by atoms with Gasteiger partial charge < -0.3 is 0 Å². The molecule has 0 aliphatic carbocycles. The van der Waals surface area contributed by atoms with E-state index >= 15 is 0 Å². The average molecular weight is 338 g/mol. The quantitative estimate of drug-likeness (QED) is 0.425. The molecule has 0 bridgehead atoms. The van der Waals surface area contributed by atoms with Crippen molar-refractivity contribution in [2.75, 3.05) is 0 Å². The van der Waals surface area contributed by atoms with Crippen LogP contribution in [0.3, 0.4) is 0 Å². The van der Waals surface area contributed by atoms with Gasteiger partial charge in [0.15, 0.2) is 0 Å². The highest BCUT2D eigenvalue weighted by Crippen LogP contribution is 2.43. The summed E-state index contributed by atoms with van der Waals surface area (Å²) in [7, 11) is 0. The summed E-state index contributed by atoms with van der Waals surface area (Å²) in [5, 5.41) is 16.3. The van der Waals surface area contributed by atoms with Gasteiger partial charge >= 0.3 is 0 Å². The first-order chi connectivity index (χ1) is 11.9. The lowest BCUT2D eigenvalue weighted by molar-refractivity contribution is -0.176. The second-order valence-electron chi connectivity index (χ2n) is 5.32. The van der Waals surface area contributed by atoms with Crippen molar-refractivity contribution >= 4 is 28.6 Å². The summed E-state index contributed by atoms with van der Waals surface area (Å²) < 4.78 is 0. The monoisotopic (exact) mass is 338 g/mol. The maximum absolute atomic E-state index is 6.00. The first-order valence-electron chi connectivity index (χ1n) is 7.98. The van der Waals surface area contributed by atoms with Crippen molar-refractivity contribution in [3.8, 4) is 0 Å². The molecule has 2 nitrogen and oxygen atoms in total. The van der Waals surface area contributed by atoms with E-state index in [2.05, 4.69) is 104 Å². The first-order valence-corrected chi connectivity index (χ1v) is 9.83. The highest BCUT2D eigenvalue weighted by molar-refractivity contribution is 7.94. The molecule has 3 rings (SSSR count). The summed E-state index contributed by atoms with van der Waals surface area (Å²) in [6.45, 7) is 0.561. The van der Waals surface area contributed by atoms with E-state index in [4.69, 9.17) is 10.5 Å². The van der Waals surface area contributed by atoms with Gasteiger partial charge in [-0.3, -0.25) is 10.5 Å². The van der Waals surface area contributed by atoms with Gasteiger partial charge in [0.2, 0.25) is 0 Å². The van der Waals surface area contributed by atoms with Gasteiger partial charge in [-0.25, -0.2) is 0 Å². The van der Waals surface area contributed by atoms with Gasteiger partial charge in [-0.05, 0) is 29.2 Å². The molecule has 2 N–H and O–H groups in total. The van der Waals surface area contributed by atoms with Crippen molar-refractivity contribution in [3.05, 3.63) is 91.0 Å². The normalized spacial score (nSPS) is 10.5. The molecule has 0 aliphatic heterocycles. The SMILES string of the molecule is CCC=P(c1ccccc1)(c1ccccc1)c1ccccc1.OO. The van der Waals surface area contributed by atoms with Crippen LogP contribution >= 0.6 is 6.89 Å². The Hall–Kier alpha value is -2.12. The van der Waals surface area contributed by atoms with E-state index in [0.717, 1.165) is 6.42 Å². The molecule has 124 valence electrons. The molecule has 0 amide bonds. The maximum atomic E-state index is 6.00. The van der Waals surface area contributed by atoms with E-state index in [1.54, 1.807) is 0 Å². The molecule has 0 saturated heterocycles. The Labute approximate surface area is 144 Å². The summed E-state index contributed by atoms with van der Waals surface area (Å²) in [6.07, 6.45) is 1.06. The van der Waals surface area contributed by atoms with E-state index in [1.165, 1.54) is 15.9 Å². The van der Waals surface area contributed by atoms with Crippen LogP contribution in [0.25, 0.3) is 0 Å². The van der Waals surface area contributed by atoms with Crippen LogP contribution in [0.4, 0.5) is 0 Å². The fraction of sp³-hybridized carbons (Fsp3) is 0.0952. The molecule has 3 aromatic rings. The molecule has 0 aromatic heterocycles. The van der Waals surface area contributed by atoms with Crippen LogP contribution in [0.1, 0.15) is 13.3 Å². The van der Waals surface area contributed by atoms with Crippen LogP contribution in [-0.4, -0.2) is 16.3 Å². The van der Waals surface area contributed by atoms with Crippen LogP contribution in [0, 0.1) is 0 Å². The van der Waals surface area contributed by atoms with Crippen LogP contribution in [-0.2, 0) is 0 Å². The van der Waals surface area contributed by atoms with E-state index in [9.17, 15) is 0 Å². The summed E-state index contributed by atoms with van der Waals surface area (Å²) in [5.41, 5.74) is 0. The van der Waals surface area contributed by atoms with Crippen LogP contribution in [0.2, 0.25) is 0 Å². The van der Waals surface area contributed by atoms with Gasteiger partial charge in [-0.2, -0.15) is 0 Å². The van der Waals surface area contributed by atoms with Crippen molar-refractivity contribution in [3.63, 3.8) is 0 Å². The Bertz CT molecular complexity index is 665. The molecule has 0 aliphatic rings. The molecule has 0 spiro atoms. The molecule has 0 radical (unpaired) electrons. The maximum Gasteiger partial charge on any atom is -0.0163 e. The number of hydrogen-bond acceptors (Lipinski definition) is 2. The number of benzene rings is 3. The molecule has 3 aromatic carbocycles.